The Labute approximate surface area is 144 Å². The van der Waals surface area contributed by atoms with Crippen molar-refractivity contribution in [1.29, 1.82) is 0 Å². The normalized spacial score (nSPS) is 12.0. The number of hydrogen-bond acceptors (Lipinski definition) is 3. The second-order valence-corrected chi connectivity index (χ2v) is 6.19. The molecule has 0 aliphatic heterocycles. The van der Waals surface area contributed by atoms with Crippen LogP contribution < -0.4 is 5.32 Å². The largest absolute Gasteiger partial charge is 0.373 e. The number of aryl methyl sites for hydroxylation is 3. The molecule has 24 heavy (non-hydrogen) atoms. The van der Waals surface area contributed by atoms with Crippen LogP contribution in [0.4, 0.5) is 5.69 Å². The molecule has 0 spiro atoms. The minimum absolute atomic E-state index is 0.101. The number of anilines is 1. The molecule has 1 aromatic carbocycles. The van der Waals surface area contributed by atoms with Crippen molar-refractivity contribution in [2.75, 3.05) is 11.9 Å². The zero-order valence-corrected chi connectivity index (χ0v) is 15.3. The molecule has 0 bridgehead atoms. The van der Waals surface area contributed by atoms with Crippen LogP contribution in [0, 0.1) is 13.8 Å². The van der Waals surface area contributed by atoms with Crippen LogP contribution in [0.3, 0.4) is 0 Å². The molecule has 0 fully saturated rings. The zero-order chi connectivity index (χ0) is 17.7. The number of hydrogen-bond donors (Lipinski definition) is 1. The number of carbonyl (C=O) groups excluding carboxylic acids is 1. The van der Waals surface area contributed by atoms with Crippen LogP contribution in [-0.4, -0.2) is 33.2 Å². The number of nitrogens with one attached hydrogen (secondary N) is 1. The number of nitrogens with zero attached hydrogens (tertiary/aromatic N) is 3. The lowest BCUT2D eigenvalue weighted by Crippen LogP contribution is -2.41. The third-order valence-electron chi connectivity index (χ3n) is 4.29. The lowest BCUT2D eigenvalue weighted by molar-refractivity contribution is -0.132. The minimum atomic E-state index is -0.272. The van der Waals surface area contributed by atoms with E-state index in [4.69, 9.17) is 0 Å². The summed E-state index contributed by atoms with van der Waals surface area (Å²) in [5, 5.41) is 7.66. The molecule has 0 saturated carbocycles. The first kappa shape index (κ1) is 18.0. The summed E-state index contributed by atoms with van der Waals surface area (Å²) in [4.78, 5) is 14.7. The van der Waals surface area contributed by atoms with Crippen LogP contribution in [0.15, 0.2) is 30.6 Å². The van der Waals surface area contributed by atoms with Gasteiger partial charge in [-0.15, -0.1) is 0 Å². The van der Waals surface area contributed by atoms with Crippen LogP contribution in [-0.2, 0) is 17.9 Å². The van der Waals surface area contributed by atoms with Crippen molar-refractivity contribution in [1.82, 2.24) is 14.7 Å². The topological polar surface area (TPSA) is 50.2 Å². The van der Waals surface area contributed by atoms with Gasteiger partial charge in [-0.1, -0.05) is 18.2 Å². The fraction of sp³-hybridized carbons (Fsp3) is 0.474. The third kappa shape index (κ3) is 4.16. The number of benzene rings is 1. The Morgan fingerprint density at radius 2 is 1.96 bits per heavy atom. The molecule has 2 rings (SSSR count). The average molecular weight is 328 g/mol. The lowest BCUT2D eigenvalue weighted by Gasteiger charge is -2.26. The quantitative estimate of drug-likeness (QED) is 0.848. The van der Waals surface area contributed by atoms with E-state index in [1.165, 1.54) is 0 Å². The summed E-state index contributed by atoms with van der Waals surface area (Å²) in [7, 11) is 0. The van der Waals surface area contributed by atoms with E-state index < -0.39 is 0 Å². The molecule has 1 aromatic heterocycles. The number of likely N-dealkylation sites (N-methyl/N-ethyl adjacent to an activating group) is 1. The van der Waals surface area contributed by atoms with Gasteiger partial charge >= 0.3 is 0 Å². The van der Waals surface area contributed by atoms with Crippen LogP contribution in [0.5, 0.6) is 0 Å². The Bertz CT molecular complexity index is 672. The SMILES string of the molecule is CCN(Cc1cnn(CC)c1)C(=O)C(C)Nc1c(C)cccc1C. The molecule has 1 N–H and O–H groups in total. The van der Waals surface area contributed by atoms with Crippen LogP contribution in [0.2, 0.25) is 0 Å². The molecule has 0 saturated heterocycles. The number of aromatic nitrogens is 2. The van der Waals surface area contributed by atoms with Gasteiger partial charge in [-0.05, 0) is 45.7 Å². The lowest BCUT2D eigenvalue weighted by atomic mass is 10.1. The highest BCUT2D eigenvalue weighted by molar-refractivity contribution is 5.84. The van der Waals surface area contributed by atoms with Crippen molar-refractivity contribution >= 4 is 11.6 Å². The van der Waals surface area contributed by atoms with Gasteiger partial charge in [0, 0.05) is 37.1 Å². The average Bonchev–Trinajstić information content (AvgIpc) is 3.03. The van der Waals surface area contributed by atoms with Gasteiger partial charge in [0.05, 0.1) is 6.20 Å². The van der Waals surface area contributed by atoms with Gasteiger partial charge in [-0.25, -0.2) is 0 Å². The molecule has 0 aliphatic rings. The zero-order valence-electron chi connectivity index (χ0n) is 15.3. The maximum atomic E-state index is 12.8. The molecular formula is C19H28N4O. The first-order valence-electron chi connectivity index (χ1n) is 8.59. The Morgan fingerprint density at radius 3 is 2.50 bits per heavy atom. The number of carbonyl (C=O) groups is 1. The van der Waals surface area contributed by atoms with Crippen molar-refractivity contribution in [2.45, 2.75) is 53.8 Å². The minimum Gasteiger partial charge on any atom is -0.373 e. The molecule has 5 nitrogen and oxygen atoms in total. The predicted octanol–water partition coefficient (Wildman–Crippen LogP) is 3.37. The third-order valence-corrected chi connectivity index (χ3v) is 4.29. The molecule has 1 atom stereocenters. The highest BCUT2D eigenvalue weighted by atomic mass is 16.2. The summed E-state index contributed by atoms with van der Waals surface area (Å²) in [6, 6.07) is 5.88. The van der Waals surface area contributed by atoms with E-state index in [0.717, 1.165) is 28.9 Å². The van der Waals surface area contributed by atoms with Crippen molar-refractivity contribution in [2.24, 2.45) is 0 Å². The summed E-state index contributed by atoms with van der Waals surface area (Å²) in [5.74, 6) is 0.101. The van der Waals surface area contributed by atoms with Gasteiger partial charge in [-0.3, -0.25) is 9.48 Å². The van der Waals surface area contributed by atoms with Crippen molar-refractivity contribution in [3.05, 3.63) is 47.3 Å². The summed E-state index contributed by atoms with van der Waals surface area (Å²) in [6.07, 6.45) is 3.84. The van der Waals surface area contributed by atoms with Crippen LogP contribution in [0.25, 0.3) is 0 Å². The molecular weight excluding hydrogens is 300 g/mol. The highest BCUT2D eigenvalue weighted by Gasteiger charge is 2.21. The molecule has 130 valence electrons. The fourth-order valence-electron chi connectivity index (χ4n) is 2.82. The molecule has 0 radical (unpaired) electrons. The molecule has 5 heteroatoms. The molecule has 1 unspecified atom stereocenters. The van der Waals surface area contributed by atoms with E-state index in [1.54, 1.807) is 0 Å². The van der Waals surface area contributed by atoms with Gasteiger partial charge < -0.3 is 10.2 Å². The van der Waals surface area contributed by atoms with Gasteiger partial charge in [0.25, 0.3) is 0 Å². The summed E-state index contributed by atoms with van der Waals surface area (Å²) < 4.78 is 1.88. The second kappa shape index (κ2) is 7.99. The Morgan fingerprint density at radius 1 is 1.29 bits per heavy atom. The highest BCUT2D eigenvalue weighted by Crippen LogP contribution is 2.21. The predicted molar refractivity (Wildman–Crippen MR) is 98.0 cm³/mol. The number of rotatable bonds is 7. The van der Waals surface area contributed by atoms with Crippen molar-refractivity contribution < 1.29 is 4.79 Å². The van der Waals surface area contributed by atoms with E-state index in [2.05, 4.69) is 43.3 Å². The van der Waals surface area contributed by atoms with E-state index >= 15 is 0 Å². The Balaban J connectivity index is 2.06. The van der Waals surface area contributed by atoms with Gasteiger partial charge in [-0.2, -0.15) is 5.10 Å². The second-order valence-electron chi connectivity index (χ2n) is 6.19. The Kier molecular flexibility index (Phi) is 6.01. The fourth-order valence-corrected chi connectivity index (χ4v) is 2.82. The summed E-state index contributed by atoms with van der Waals surface area (Å²) in [5.41, 5.74) is 4.42. The first-order valence-corrected chi connectivity index (χ1v) is 8.59. The summed E-state index contributed by atoms with van der Waals surface area (Å²) >= 11 is 0. The van der Waals surface area contributed by atoms with E-state index in [-0.39, 0.29) is 11.9 Å². The maximum absolute atomic E-state index is 12.8. The molecule has 2 aromatic rings. The van der Waals surface area contributed by atoms with Crippen molar-refractivity contribution in [3.8, 4) is 0 Å². The molecule has 1 amide bonds. The van der Waals surface area contributed by atoms with Crippen LogP contribution in [0.1, 0.15) is 37.5 Å². The smallest absolute Gasteiger partial charge is 0.245 e. The van der Waals surface area contributed by atoms with E-state index in [0.29, 0.717) is 13.1 Å². The van der Waals surface area contributed by atoms with Gasteiger partial charge in [0.2, 0.25) is 5.91 Å². The standard InChI is InChI=1S/C19H28N4O/c1-6-22(12-17-11-20-23(7-2)13-17)19(24)16(5)21-18-14(3)9-8-10-15(18)4/h8-11,13,16,21H,6-7,12H2,1-5H3. The number of amides is 1. The van der Waals surface area contributed by atoms with E-state index in [1.807, 2.05) is 41.9 Å². The van der Waals surface area contributed by atoms with Crippen LogP contribution >= 0.6 is 0 Å². The molecule has 0 aliphatic carbocycles. The van der Waals surface area contributed by atoms with E-state index in [9.17, 15) is 4.79 Å². The molecule has 1 heterocycles. The van der Waals surface area contributed by atoms with Gasteiger partial charge in [0.15, 0.2) is 0 Å². The monoisotopic (exact) mass is 328 g/mol. The first-order chi connectivity index (χ1) is 11.5. The number of para-hydroxylation sites is 1. The van der Waals surface area contributed by atoms with Gasteiger partial charge in [0.1, 0.15) is 6.04 Å². The maximum Gasteiger partial charge on any atom is 0.245 e. The Hall–Kier alpha value is -2.30. The van der Waals surface area contributed by atoms with Crippen molar-refractivity contribution in [3.63, 3.8) is 0 Å². The summed E-state index contributed by atoms with van der Waals surface area (Å²) in [6.45, 7) is 12.2.